The molecule has 0 aliphatic rings. The second-order valence-electron chi connectivity index (χ2n) is 1.21. The van der Waals surface area contributed by atoms with E-state index in [4.69, 9.17) is 0 Å². The number of hydrogen-bond acceptors (Lipinski definition) is 1. The van der Waals surface area contributed by atoms with Crippen LogP contribution in [-0.2, 0) is 0 Å². The van der Waals surface area contributed by atoms with Crippen molar-refractivity contribution in [1.29, 1.82) is 0 Å². The molecule has 3 heteroatoms. The van der Waals surface area contributed by atoms with Crippen molar-refractivity contribution in [3.63, 3.8) is 0 Å². The highest BCUT2D eigenvalue weighted by Crippen LogP contribution is 2.15. The molecule has 0 atom stereocenters. The number of allylic oxidation sites excluding steroid dienone is 1. The molecular formula is C5H7BrFN. The summed E-state index contributed by atoms with van der Waals surface area (Å²) in [4.78, 5) is 3.33. The maximum Gasteiger partial charge on any atom is 0.136 e. The Labute approximate surface area is 56.4 Å². The highest BCUT2D eigenvalue weighted by molar-refractivity contribution is 9.11. The quantitative estimate of drug-likeness (QED) is 0.457. The Bertz CT molecular complexity index is 120. The van der Waals surface area contributed by atoms with Gasteiger partial charge in [-0.2, -0.15) is 0 Å². The SMILES string of the molecule is C=N/C(Br)=C(/F)CC. The van der Waals surface area contributed by atoms with Crippen LogP contribution in [0.5, 0.6) is 0 Å². The molecule has 46 valence electrons. The first kappa shape index (κ1) is 7.82. The predicted molar refractivity (Wildman–Crippen MR) is 36.9 cm³/mol. The van der Waals surface area contributed by atoms with Gasteiger partial charge in [-0.1, -0.05) is 6.92 Å². The molecule has 0 saturated heterocycles. The fraction of sp³-hybridized carbons (Fsp3) is 0.400. The molecule has 0 radical (unpaired) electrons. The summed E-state index contributed by atoms with van der Waals surface area (Å²) in [6.07, 6.45) is 0.361. The van der Waals surface area contributed by atoms with E-state index in [9.17, 15) is 4.39 Å². The number of rotatable bonds is 2. The summed E-state index contributed by atoms with van der Waals surface area (Å²) in [6, 6.07) is 0. The first-order valence-electron chi connectivity index (χ1n) is 2.23. The molecule has 0 aliphatic carbocycles. The van der Waals surface area contributed by atoms with Crippen LogP contribution in [-0.4, -0.2) is 6.72 Å². The molecule has 0 unspecified atom stereocenters. The van der Waals surface area contributed by atoms with Crippen LogP contribution in [0.1, 0.15) is 13.3 Å². The van der Waals surface area contributed by atoms with Crippen LogP contribution < -0.4 is 0 Å². The minimum absolute atomic E-state index is 0.208. The van der Waals surface area contributed by atoms with Gasteiger partial charge in [0.15, 0.2) is 0 Å². The molecule has 0 N–H and O–H groups in total. The molecule has 0 aromatic carbocycles. The molecule has 0 rings (SSSR count). The predicted octanol–water partition coefficient (Wildman–Crippen LogP) is 2.63. The van der Waals surface area contributed by atoms with E-state index in [1.54, 1.807) is 6.92 Å². The second-order valence-corrected chi connectivity index (χ2v) is 1.96. The molecular weight excluding hydrogens is 173 g/mol. The van der Waals surface area contributed by atoms with E-state index < -0.39 is 0 Å². The van der Waals surface area contributed by atoms with Crippen molar-refractivity contribution in [2.24, 2.45) is 4.99 Å². The first-order valence-corrected chi connectivity index (χ1v) is 3.02. The van der Waals surface area contributed by atoms with Crippen molar-refractivity contribution in [3.05, 3.63) is 10.4 Å². The van der Waals surface area contributed by atoms with Crippen LogP contribution in [0.15, 0.2) is 15.4 Å². The molecule has 1 nitrogen and oxygen atoms in total. The van der Waals surface area contributed by atoms with E-state index in [0.29, 0.717) is 6.42 Å². The average molecular weight is 180 g/mol. The van der Waals surface area contributed by atoms with Gasteiger partial charge in [0, 0.05) is 0 Å². The molecule has 0 fully saturated rings. The topological polar surface area (TPSA) is 12.4 Å². The molecule has 0 aliphatic heterocycles. The Balaban J connectivity index is 4.03. The van der Waals surface area contributed by atoms with Gasteiger partial charge in [0.1, 0.15) is 10.4 Å². The fourth-order valence-corrected chi connectivity index (χ4v) is 0.512. The summed E-state index contributed by atoms with van der Waals surface area (Å²) in [5, 5.41) is 0. The van der Waals surface area contributed by atoms with Crippen molar-refractivity contribution < 1.29 is 4.39 Å². The third-order valence-electron chi connectivity index (χ3n) is 0.673. The largest absolute Gasteiger partial charge is 0.254 e. The van der Waals surface area contributed by atoms with Gasteiger partial charge in [0.05, 0.1) is 0 Å². The summed E-state index contributed by atoms with van der Waals surface area (Å²) in [7, 11) is 0. The van der Waals surface area contributed by atoms with Crippen molar-refractivity contribution in [3.8, 4) is 0 Å². The van der Waals surface area contributed by atoms with E-state index in [2.05, 4.69) is 27.6 Å². The minimum atomic E-state index is -0.264. The molecule has 0 saturated carbocycles. The molecule has 8 heavy (non-hydrogen) atoms. The van der Waals surface area contributed by atoms with Crippen molar-refractivity contribution in [2.45, 2.75) is 13.3 Å². The lowest BCUT2D eigenvalue weighted by atomic mass is 10.4. The Morgan fingerprint density at radius 1 is 1.88 bits per heavy atom. The lowest BCUT2D eigenvalue weighted by Crippen LogP contribution is -1.70. The molecule has 0 aromatic rings. The fourth-order valence-electron chi connectivity index (χ4n) is 0.232. The summed E-state index contributed by atoms with van der Waals surface area (Å²) in [5.41, 5.74) is 0. The first-order chi connectivity index (χ1) is 3.72. The zero-order chi connectivity index (χ0) is 6.57. The van der Waals surface area contributed by atoms with E-state index in [-0.39, 0.29) is 10.4 Å². The van der Waals surface area contributed by atoms with Gasteiger partial charge >= 0.3 is 0 Å². The van der Waals surface area contributed by atoms with Gasteiger partial charge in [-0.3, -0.25) is 4.99 Å². The average Bonchev–Trinajstić information content (AvgIpc) is 1.84. The maximum absolute atomic E-state index is 12.2. The highest BCUT2D eigenvalue weighted by Gasteiger charge is 1.94. The smallest absolute Gasteiger partial charge is 0.136 e. The monoisotopic (exact) mass is 179 g/mol. The third kappa shape index (κ3) is 2.21. The van der Waals surface area contributed by atoms with E-state index in [1.807, 2.05) is 0 Å². The van der Waals surface area contributed by atoms with Gasteiger partial charge in [0.25, 0.3) is 0 Å². The molecule has 0 amide bonds. The van der Waals surface area contributed by atoms with Crippen LogP contribution in [0.2, 0.25) is 0 Å². The van der Waals surface area contributed by atoms with Crippen LogP contribution in [0.3, 0.4) is 0 Å². The normalized spacial score (nSPS) is 12.9. The number of hydrogen-bond donors (Lipinski definition) is 0. The molecule has 0 bridgehead atoms. The Morgan fingerprint density at radius 3 is 2.50 bits per heavy atom. The van der Waals surface area contributed by atoms with Crippen molar-refractivity contribution in [1.82, 2.24) is 0 Å². The zero-order valence-corrected chi connectivity index (χ0v) is 6.20. The van der Waals surface area contributed by atoms with Gasteiger partial charge in [-0.15, -0.1) is 0 Å². The van der Waals surface area contributed by atoms with Gasteiger partial charge in [-0.25, -0.2) is 4.39 Å². The second kappa shape index (κ2) is 3.78. The number of aliphatic imine (C=N–C) groups is 1. The standard InChI is InChI=1S/C5H7BrFN/c1-3-4(7)5(6)8-2/h2-3H2,1H3/b5-4+. The lowest BCUT2D eigenvalue weighted by molar-refractivity contribution is 0.599. The Kier molecular flexibility index (Phi) is 3.69. The molecule has 0 spiro atoms. The van der Waals surface area contributed by atoms with Crippen LogP contribution >= 0.6 is 15.9 Å². The van der Waals surface area contributed by atoms with Gasteiger partial charge in [-0.05, 0) is 29.1 Å². The van der Waals surface area contributed by atoms with Crippen LogP contribution in [0.25, 0.3) is 0 Å². The van der Waals surface area contributed by atoms with Crippen molar-refractivity contribution in [2.75, 3.05) is 0 Å². The maximum atomic E-state index is 12.2. The van der Waals surface area contributed by atoms with Gasteiger partial charge < -0.3 is 0 Å². The van der Waals surface area contributed by atoms with Crippen LogP contribution in [0, 0.1) is 0 Å². The zero-order valence-electron chi connectivity index (χ0n) is 4.62. The molecule has 0 heterocycles. The Hall–Kier alpha value is -0.180. The summed E-state index contributed by atoms with van der Waals surface area (Å²) < 4.78 is 12.4. The summed E-state index contributed by atoms with van der Waals surface area (Å²) >= 11 is 2.88. The Morgan fingerprint density at radius 2 is 2.38 bits per heavy atom. The number of nitrogens with zero attached hydrogens (tertiary/aromatic N) is 1. The molecule has 0 aromatic heterocycles. The third-order valence-corrected chi connectivity index (χ3v) is 1.35. The minimum Gasteiger partial charge on any atom is -0.254 e. The van der Waals surface area contributed by atoms with E-state index in [1.165, 1.54) is 0 Å². The van der Waals surface area contributed by atoms with Crippen LogP contribution in [0.4, 0.5) is 4.39 Å². The lowest BCUT2D eigenvalue weighted by Gasteiger charge is -1.88. The highest BCUT2D eigenvalue weighted by atomic mass is 79.9. The number of halogens is 2. The summed E-state index contributed by atoms with van der Waals surface area (Å²) in [6.45, 7) is 4.84. The van der Waals surface area contributed by atoms with E-state index in [0.717, 1.165) is 0 Å². The van der Waals surface area contributed by atoms with Crippen molar-refractivity contribution >= 4 is 22.6 Å². The van der Waals surface area contributed by atoms with Gasteiger partial charge in [0.2, 0.25) is 0 Å². The van der Waals surface area contributed by atoms with E-state index >= 15 is 0 Å². The summed E-state index contributed by atoms with van der Waals surface area (Å²) in [5.74, 6) is -0.264.